The fourth-order valence-corrected chi connectivity index (χ4v) is 6.90. The molecule has 0 aromatic carbocycles. The highest BCUT2D eigenvalue weighted by molar-refractivity contribution is 5.91. The average molecular weight is 528 g/mol. The van der Waals surface area contributed by atoms with E-state index in [1.807, 2.05) is 11.0 Å². The van der Waals surface area contributed by atoms with E-state index in [-0.39, 0.29) is 23.9 Å². The Hall–Kier alpha value is -4.06. The number of aliphatic hydroxyl groups excluding tert-OH is 1. The van der Waals surface area contributed by atoms with Crippen molar-refractivity contribution in [3.63, 3.8) is 0 Å². The van der Waals surface area contributed by atoms with E-state index in [0.29, 0.717) is 47.7 Å². The Morgan fingerprint density at radius 3 is 2.64 bits per heavy atom. The molecule has 12 heteroatoms. The van der Waals surface area contributed by atoms with Gasteiger partial charge in [0.1, 0.15) is 29.7 Å². The number of hydrogen-bond donors (Lipinski definition) is 3. The monoisotopic (exact) mass is 527 g/mol. The van der Waals surface area contributed by atoms with Crippen LogP contribution in [0, 0.1) is 0 Å². The molecule has 4 aromatic rings. The summed E-state index contributed by atoms with van der Waals surface area (Å²) in [4.78, 5) is 27.8. The number of nitrogens with two attached hydrogens (primary N) is 1. The van der Waals surface area contributed by atoms with E-state index in [1.165, 1.54) is 6.33 Å². The van der Waals surface area contributed by atoms with Crippen LogP contribution < -0.4 is 10.5 Å². The molecule has 3 unspecified atom stereocenters. The first-order valence-electron chi connectivity index (χ1n) is 13.7. The van der Waals surface area contributed by atoms with Crippen LogP contribution in [0.2, 0.25) is 0 Å². The van der Waals surface area contributed by atoms with Gasteiger partial charge in [-0.1, -0.05) is 0 Å². The molecule has 2 saturated heterocycles. The van der Waals surface area contributed by atoms with Crippen LogP contribution in [0.4, 0.5) is 5.82 Å². The SMILES string of the molecule is Nc1c(C2CC2)c(C2CC3CC[C@H](C2)N3C(=O)c2nnc[nH]2)nc2c(-c3cnc4c(c3)OCCC4O)cnn12. The maximum atomic E-state index is 13.2. The highest BCUT2D eigenvalue weighted by Gasteiger charge is 2.46. The third-order valence-electron chi connectivity index (χ3n) is 8.87. The number of aliphatic hydroxyl groups is 1. The molecule has 4 atom stereocenters. The van der Waals surface area contributed by atoms with Gasteiger partial charge in [0.15, 0.2) is 5.65 Å². The van der Waals surface area contributed by atoms with Crippen molar-refractivity contribution in [2.24, 2.45) is 0 Å². The van der Waals surface area contributed by atoms with Crippen LogP contribution in [0.1, 0.15) is 90.5 Å². The number of fused-ring (bicyclic) bond motifs is 4. The van der Waals surface area contributed by atoms with Crippen LogP contribution in [0.5, 0.6) is 5.75 Å². The van der Waals surface area contributed by atoms with E-state index >= 15 is 0 Å². The van der Waals surface area contributed by atoms with E-state index in [1.54, 1.807) is 16.9 Å². The van der Waals surface area contributed by atoms with Crippen molar-refractivity contribution in [1.82, 2.24) is 39.7 Å². The Morgan fingerprint density at radius 2 is 1.90 bits per heavy atom. The minimum Gasteiger partial charge on any atom is -0.491 e. The molecule has 12 nitrogen and oxygen atoms in total. The van der Waals surface area contributed by atoms with Crippen LogP contribution in [-0.4, -0.2) is 69.4 Å². The highest BCUT2D eigenvalue weighted by atomic mass is 16.5. The molecule has 39 heavy (non-hydrogen) atoms. The molecule has 4 aliphatic rings. The van der Waals surface area contributed by atoms with E-state index in [0.717, 1.165) is 60.9 Å². The average Bonchev–Trinajstić information content (AvgIpc) is 3.33. The van der Waals surface area contributed by atoms with Gasteiger partial charge in [0.05, 0.1) is 18.5 Å². The zero-order valence-electron chi connectivity index (χ0n) is 21.3. The van der Waals surface area contributed by atoms with Crippen molar-refractivity contribution in [3.8, 4) is 16.9 Å². The number of aromatic amines is 1. The molecule has 1 aliphatic carbocycles. The number of amides is 1. The van der Waals surface area contributed by atoms with Crippen molar-refractivity contribution in [2.75, 3.05) is 12.3 Å². The Balaban J connectivity index is 1.19. The van der Waals surface area contributed by atoms with Crippen LogP contribution >= 0.6 is 0 Å². The van der Waals surface area contributed by atoms with Gasteiger partial charge in [-0.25, -0.2) is 4.98 Å². The minimum absolute atomic E-state index is 0.0749. The number of aromatic nitrogens is 7. The zero-order valence-corrected chi connectivity index (χ0v) is 21.3. The lowest BCUT2D eigenvalue weighted by atomic mass is 9.85. The normalized spacial score (nSPS) is 26.0. The Kier molecular flexibility index (Phi) is 4.97. The van der Waals surface area contributed by atoms with Crippen molar-refractivity contribution in [2.45, 2.75) is 75.0 Å². The summed E-state index contributed by atoms with van der Waals surface area (Å²) in [5.74, 6) is 2.06. The number of nitrogens with one attached hydrogen (secondary N) is 1. The molecule has 8 rings (SSSR count). The van der Waals surface area contributed by atoms with Gasteiger partial charge >= 0.3 is 0 Å². The van der Waals surface area contributed by atoms with Gasteiger partial charge in [-0.15, -0.1) is 10.2 Å². The number of piperidine rings is 1. The van der Waals surface area contributed by atoms with Gasteiger partial charge in [0, 0.05) is 47.3 Å². The third-order valence-corrected chi connectivity index (χ3v) is 8.87. The quantitative estimate of drug-likeness (QED) is 0.362. The van der Waals surface area contributed by atoms with Crippen LogP contribution in [0.3, 0.4) is 0 Å². The molecule has 3 aliphatic heterocycles. The summed E-state index contributed by atoms with van der Waals surface area (Å²) >= 11 is 0. The Morgan fingerprint density at radius 1 is 1.08 bits per heavy atom. The third kappa shape index (κ3) is 3.54. The summed E-state index contributed by atoms with van der Waals surface area (Å²) in [5.41, 5.74) is 11.9. The maximum Gasteiger partial charge on any atom is 0.292 e. The van der Waals surface area contributed by atoms with Crippen molar-refractivity contribution < 1.29 is 14.6 Å². The minimum atomic E-state index is -0.620. The van der Waals surface area contributed by atoms with E-state index < -0.39 is 6.10 Å². The van der Waals surface area contributed by atoms with Gasteiger partial charge in [0.2, 0.25) is 5.82 Å². The number of carbonyl (C=O) groups excluding carboxylic acids is 1. The molecule has 7 heterocycles. The number of pyridine rings is 1. The molecule has 200 valence electrons. The smallest absolute Gasteiger partial charge is 0.292 e. The lowest BCUT2D eigenvalue weighted by Gasteiger charge is -2.39. The Labute approximate surface area is 223 Å². The first kappa shape index (κ1) is 22.9. The lowest BCUT2D eigenvalue weighted by Crippen LogP contribution is -2.46. The van der Waals surface area contributed by atoms with Gasteiger partial charge in [-0.3, -0.25) is 9.78 Å². The largest absolute Gasteiger partial charge is 0.491 e. The molecule has 4 N–H and O–H groups in total. The molecule has 0 spiro atoms. The topological polar surface area (TPSA) is 160 Å². The molecule has 3 fully saturated rings. The first-order valence-corrected chi connectivity index (χ1v) is 13.7. The molecule has 2 bridgehead atoms. The standard InChI is InChI=1S/C27H29N9O3/c28-24-21(13-1-2-13)22(14-7-16-3-4-17(8-14)35(16)27(38)25-30-12-31-34-25)33-26-18(11-32-36(24)26)15-9-20-23(29-10-15)19(37)5-6-39-20/h9-14,16-17,19,37H,1-8,28H2,(H,30,31,34)/t14?,16-,17?,19?/m1/s1. The number of hydrogen-bond acceptors (Lipinski definition) is 9. The predicted octanol–water partition coefficient (Wildman–Crippen LogP) is 2.74. The number of H-pyrrole nitrogens is 1. The first-order chi connectivity index (χ1) is 19.1. The summed E-state index contributed by atoms with van der Waals surface area (Å²) in [5, 5.41) is 22.7. The number of nitrogen functional groups attached to an aromatic ring is 1. The summed E-state index contributed by atoms with van der Waals surface area (Å²) < 4.78 is 7.54. The Bertz CT molecular complexity index is 1580. The van der Waals surface area contributed by atoms with Gasteiger partial charge in [0.25, 0.3) is 5.91 Å². The van der Waals surface area contributed by atoms with Crippen molar-refractivity contribution in [1.29, 1.82) is 0 Å². The van der Waals surface area contributed by atoms with Crippen molar-refractivity contribution >= 4 is 17.4 Å². The number of rotatable bonds is 4. The molecular formula is C27H29N9O3. The summed E-state index contributed by atoms with van der Waals surface area (Å²) in [6, 6.07) is 2.17. The predicted molar refractivity (Wildman–Crippen MR) is 139 cm³/mol. The van der Waals surface area contributed by atoms with Gasteiger partial charge in [-0.2, -0.15) is 9.61 Å². The van der Waals surface area contributed by atoms with Crippen LogP contribution in [0.25, 0.3) is 16.8 Å². The van der Waals surface area contributed by atoms with Gasteiger partial charge < -0.3 is 25.5 Å². The summed E-state index contributed by atoms with van der Waals surface area (Å²) in [6.45, 7) is 0.453. The van der Waals surface area contributed by atoms with Crippen LogP contribution in [-0.2, 0) is 0 Å². The number of anilines is 1. The highest BCUT2D eigenvalue weighted by Crippen LogP contribution is 2.50. The number of ether oxygens (including phenoxy) is 1. The second-order valence-electron chi connectivity index (χ2n) is 11.2. The fourth-order valence-electron chi connectivity index (χ4n) is 6.90. The molecule has 1 amide bonds. The second kappa shape index (κ2) is 8.47. The second-order valence-corrected chi connectivity index (χ2v) is 11.2. The summed E-state index contributed by atoms with van der Waals surface area (Å²) in [6.07, 6.45) is 10.7. The molecule has 0 radical (unpaired) electrons. The number of nitrogens with zero attached hydrogens (tertiary/aromatic N) is 7. The lowest BCUT2D eigenvalue weighted by molar-refractivity contribution is 0.0557. The summed E-state index contributed by atoms with van der Waals surface area (Å²) in [7, 11) is 0. The zero-order chi connectivity index (χ0) is 26.2. The fraction of sp³-hybridized carbons (Fsp3) is 0.481. The van der Waals surface area contributed by atoms with E-state index in [9.17, 15) is 9.90 Å². The molecule has 4 aromatic heterocycles. The van der Waals surface area contributed by atoms with E-state index in [4.69, 9.17) is 15.5 Å². The number of carbonyl (C=O) groups is 1. The van der Waals surface area contributed by atoms with Crippen molar-refractivity contribution in [3.05, 3.63) is 47.6 Å². The molecule has 1 saturated carbocycles. The maximum absolute atomic E-state index is 13.2. The van der Waals surface area contributed by atoms with Crippen LogP contribution in [0.15, 0.2) is 24.8 Å². The molecular weight excluding hydrogens is 498 g/mol. The van der Waals surface area contributed by atoms with E-state index in [2.05, 4.69) is 25.3 Å². The van der Waals surface area contributed by atoms with Gasteiger partial charge in [-0.05, 0) is 50.5 Å².